The molecule has 2 aliphatic heterocycles. The Morgan fingerprint density at radius 3 is 2.25 bits per heavy atom. The summed E-state index contributed by atoms with van der Waals surface area (Å²) in [5.41, 5.74) is 2.81. The number of benzene rings is 1. The summed E-state index contributed by atoms with van der Waals surface area (Å²) in [6.45, 7) is 1.83. The van der Waals surface area contributed by atoms with Crippen LogP contribution in [-0.2, 0) is 17.8 Å². The van der Waals surface area contributed by atoms with E-state index in [1.54, 1.807) is 0 Å². The summed E-state index contributed by atoms with van der Waals surface area (Å²) in [5.74, 6) is 3.99. The largest absolute Gasteiger partial charge is 0.325 e. The molecule has 0 aromatic heterocycles. The van der Waals surface area contributed by atoms with Crippen LogP contribution in [0.4, 0.5) is 0 Å². The van der Waals surface area contributed by atoms with Crippen molar-refractivity contribution in [1.29, 1.82) is 0 Å². The minimum absolute atomic E-state index is 0.108. The highest BCUT2D eigenvalue weighted by molar-refractivity contribution is 5.85. The van der Waals surface area contributed by atoms with E-state index in [4.69, 9.17) is 0 Å². The van der Waals surface area contributed by atoms with E-state index in [9.17, 15) is 4.79 Å². The second-order valence-corrected chi connectivity index (χ2v) is 9.11. The summed E-state index contributed by atoms with van der Waals surface area (Å²) < 4.78 is 0. The maximum absolute atomic E-state index is 13.3. The Kier molecular flexibility index (Phi) is 2.80. The van der Waals surface area contributed by atoms with E-state index in [1.165, 1.54) is 43.2 Å². The highest BCUT2D eigenvalue weighted by Gasteiger charge is 2.54. The molecule has 126 valence electrons. The zero-order valence-electron chi connectivity index (χ0n) is 14.2. The lowest BCUT2D eigenvalue weighted by molar-refractivity contribution is -0.139. The Hall–Kier alpha value is -1.35. The van der Waals surface area contributed by atoms with Gasteiger partial charge in [-0.2, -0.15) is 0 Å². The van der Waals surface area contributed by atoms with E-state index < -0.39 is 0 Å². The summed E-state index contributed by atoms with van der Waals surface area (Å²) in [6, 6.07) is 9.36. The zero-order valence-corrected chi connectivity index (χ0v) is 14.2. The van der Waals surface area contributed by atoms with Gasteiger partial charge in [-0.1, -0.05) is 24.3 Å². The summed E-state index contributed by atoms with van der Waals surface area (Å²) in [4.78, 5) is 18.0. The molecule has 0 spiro atoms. The standard InChI is InChI=1S/C21H26N2O/c24-21-19-10-15-3-1-2-4-16(15)11-22(19)12-23(21)20-17-6-13-5-14(8-17)9-18(20)7-13/h1-4,13-14,17-20H,5-12H2/t13?,14?,17?,18?,19-,20?/m1/s1. The number of nitrogens with zero attached hydrogens (tertiary/aromatic N) is 2. The van der Waals surface area contributed by atoms with Gasteiger partial charge < -0.3 is 4.90 Å². The van der Waals surface area contributed by atoms with Gasteiger partial charge in [0.2, 0.25) is 5.91 Å². The lowest BCUT2D eigenvalue weighted by Gasteiger charge is -2.56. The van der Waals surface area contributed by atoms with Crippen LogP contribution in [0.3, 0.4) is 0 Å². The maximum atomic E-state index is 13.3. The van der Waals surface area contributed by atoms with Gasteiger partial charge in [0.15, 0.2) is 0 Å². The lowest BCUT2D eigenvalue weighted by atomic mass is 9.54. The molecule has 24 heavy (non-hydrogen) atoms. The van der Waals surface area contributed by atoms with Gasteiger partial charge in [-0.05, 0) is 73.3 Å². The van der Waals surface area contributed by atoms with Crippen LogP contribution >= 0.6 is 0 Å². The average molecular weight is 322 g/mol. The smallest absolute Gasteiger partial charge is 0.241 e. The number of carbonyl (C=O) groups excluding carboxylic acids is 1. The summed E-state index contributed by atoms with van der Waals surface area (Å²) >= 11 is 0. The highest BCUT2D eigenvalue weighted by atomic mass is 16.2. The Labute approximate surface area is 144 Å². The molecule has 5 fully saturated rings. The molecule has 1 atom stereocenters. The van der Waals surface area contributed by atoms with Crippen molar-refractivity contribution < 1.29 is 4.79 Å². The third-order valence-electron chi connectivity index (χ3n) is 7.78. The molecule has 4 aliphatic carbocycles. The van der Waals surface area contributed by atoms with Crippen LogP contribution in [0.2, 0.25) is 0 Å². The molecule has 4 bridgehead atoms. The quantitative estimate of drug-likeness (QED) is 0.793. The molecule has 1 saturated heterocycles. The van der Waals surface area contributed by atoms with Crippen molar-refractivity contribution in [3.8, 4) is 0 Å². The van der Waals surface area contributed by atoms with Crippen LogP contribution < -0.4 is 0 Å². The average Bonchev–Trinajstić information content (AvgIpc) is 2.88. The Balaban J connectivity index is 1.29. The van der Waals surface area contributed by atoms with Gasteiger partial charge in [0.25, 0.3) is 0 Å². The van der Waals surface area contributed by atoms with Crippen molar-refractivity contribution in [2.75, 3.05) is 6.67 Å². The molecule has 2 heterocycles. The zero-order chi connectivity index (χ0) is 15.8. The van der Waals surface area contributed by atoms with Gasteiger partial charge in [-0.15, -0.1) is 0 Å². The van der Waals surface area contributed by atoms with Gasteiger partial charge in [-0.3, -0.25) is 9.69 Å². The van der Waals surface area contributed by atoms with Gasteiger partial charge in [-0.25, -0.2) is 0 Å². The molecule has 1 aromatic carbocycles. The first-order valence-corrected chi connectivity index (χ1v) is 9.87. The fraction of sp³-hybridized carbons (Fsp3) is 0.667. The Morgan fingerprint density at radius 2 is 1.54 bits per heavy atom. The summed E-state index contributed by atoms with van der Waals surface area (Å²) in [6.07, 6.45) is 7.98. The number of rotatable bonds is 1. The second-order valence-electron chi connectivity index (χ2n) is 9.11. The number of amides is 1. The predicted molar refractivity (Wildman–Crippen MR) is 92.0 cm³/mol. The van der Waals surface area contributed by atoms with Gasteiger partial charge in [0, 0.05) is 12.6 Å². The van der Waals surface area contributed by atoms with E-state index in [1.807, 2.05) is 0 Å². The van der Waals surface area contributed by atoms with Crippen molar-refractivity contribution in [3.63, 3.8) is 0 Å². The molecule has 0 N–H and O–H groups in total. The first-order valence-electron chi connectivity index (χ1n) is 9.87. The van der Waals surface area contributed by atoms with Crippen LogP contribution in [-0.4, -0.2) is 34.5 Å². The predicted octanol–water partition coefficient (Wildman–Crippen LogP) is 3.04. The first kappa shape index (κ1) is 13.9. The lowest BCUT2D eigenvalue weighted by Crippen LogP contribution is -2.56. The molecular formula is C21H26N2O. The topological polar surface area (TPSA) is 23.6 Å². The minimum atomic E-state index is 0.108. The molecular weight excluding hydrogens is 296 g/mol. The van der Waals surface area contributed by atoms with E-state index in [2.05, 4.69) is 34.1 Å². The monoisotopic (exact) mass is 322 g/mol. The van der Waals surface area contributed by atoms with Gasteiger partial charge in [0.05, 0.1) is 12.7 Å². The fourth-order valence-corrected chi connectivity index (χ4v) is 7.07. The molecule has 7 rings (SSSR count). The summed E-state index contributed by atoms with van der Waals surface area (Å²) in [7, 11) is 0. The van der Waals surface area contributed by atoms with Crippen LogP contribution in [0.5, 0.6) is 0 Å². The van der Waals surface area contributed by atoms with Crippen LogP contribution in [0.25, 0.3) is 0 Å². The molecule has 3 heteroatoms. The molecule has 0 unspecified atom stereocenters. The van der Waals surface area contributed by atoms with Crippen molar-refractivity contribution in [1.82, 2.24) is 9.80 Å². The third-order valence-corrected chi connectivity index (χ3v) is 7.78. The van der Waals surface area contributed by atoms with Crippen LogP contribution in [0.1, 0.15) is 43.2 Å². The molecule has 3 nitrogen and oxygen atoms in total. The fourth-order valence-electron chi connectivity index (χ4n) is 7.07. The van der Waals surface area contributed by atoms with E-state index >= 15 is 0 Å². The molecule has 1 aromatic rings. The maximum Gasteiger partial charge on any atom is 0.241 e. The Morgan fingerprint density at radius 1 is 0.875 bits per heavy atom. The molecule has 4 saturated carbocycles. The summed E-state index contributed by atoms with van der Waals surface area (Å²) in [5, 5.41) is 0. The minimum Gasteiger partial charge on any atom is -0.325 e. The van der Waals surface area contributed by atoms with Crippen molar-refractivity contribution in [2.45, 2.75) is 57.2 Å². The SMILES string of the molecule is O=C1[C@H]2Cc3ccccc3CN2CN1C1C2CC3CC(C2)CC1C3. The van der Waals surface area contributed by atoms with Crippen LogP contribution in [0.15, 0.2) is 24.3 Å². The number of hydrogen-bond donors (Lipinski definition) is 0. The van der Waals surface area contributed by atoms with E-state index in [0.29, 0.717) is 11.9 Å². The Bertz CT molecular complexity index is 671. The number of hydrogen-bond acceptors (Lipinski definition) is 2. The number of fused-ring (bicyclic) bond motifs is 2. The number of carbonyl (C=O) groups is 1. The van der Waals surface area contributed by atoms with Crippen molar-refractivity contribution in [3.05, 3.63) is 35.4 Å². The van der Waals surface area contributed by atoms with E-state index in [-0.39, 0.29) is 6.04 Å². The van der Waals surface area contributed by atoms with Gasteiger partial charge in [0.1, 0.15) is 0 Å². The van der Waals surface area contributed by atoms with E-state index in [0.717, 1.165) is 43.3 Å². The highest BCUT2D eigenvalue weighted by Crippen LogP contribution is 2.55. The normalized spacial score (nSPS) is 43.2. The third kappa shape index (κ3) is 1.85. The van der Waals surface area contributed by atoms with Crippen molar-refractivity contribution >= 4 is 5.91 Å². The van der Waals surface area contributed by atoms with Crippen LogP contribution in [0, 0.1) is 23.7 Å². The second kappa shape index (κ2) is 4.85. The van der Waals surface area contributed by atoms with Gasteiger partial charge >= 0.3 is 0 Å². The molecule has 0 radical (unpaired) electrons. The van der Waals surface area contributed by atoms with Crippen molar-refractivity contribution in [2.24, 2.45) is 23.7 Å². The first-order chi connectivity index (χ1) is 11.8. The molecule has 1 amide bonds. The molecule has 6 aliphatic rings.